The number of amides is 1. The Labute approximate surface area is 156 Å². The molecule has 0 spiro atoms. The first-order valence-corrected chi connectivity index (χ1v) is 8.53. The molecule has 6 nitrogen and oxygen atoms in total. The Hall–Kier alpha value is -3.41. The van der Waals surface area contributed by atoms with Gasteiger partial charge in [0.1, 0.15) is 6.29 Å². The zero-order chi connectivity index (χ0) is 19.0. The lowest BCUT2D eigenvalue weighted by molar-refractivity contribution is 0.0817. The summed E-state index contributed by atoms with van der Waals surface area (Å²) in [5.41, 5.74) is 3.68. The van der Waals surface area contributed by atoms with Crippen molar-refractivity contribution in [2.45, 2.75) is 12.5 Å². The minimum Gasteiger partial charge on any atom is -0.493 e. The maximum absolute atomic E-state index is 13.1. The van der Waals surface area contributed by atoms with Crippen LogP contribution in [0.1, 0.15) is 32.7 Å². The molecule has 2 aliphatic rings. The molecule has 0 unspecified atom stereocenters. The fourth-order valence-electron chi connectivity index (χ4n) is 3.39. The molecule has 0 aliphatic carbocycles. The standard InChI is InChI=1S/C21H18N2O4/c1-26-19-8-17-18(9-20(19)27-2)22-10-16-7-15(11-23(16)21(17)25)14-5-3-13(12-24)4-6-14/h3-6,8-12,16H,7H2,1-2H3/t16-/m0/s1. The molecule has 4 rings (SSSR count). The summed E-state index contributed by atoms with van der Waals surface area (Å²) in [4.78, 5) is 30.2. The predicted molar refractivity (Wildman–Crippen MR) is 102 cm³/mol. The molecule has 0 saturated carbocycles. The first kappa shape index (κ1) is 17.0. The van der Waals surface area contributed by atoms with E-state index in [1.807, 2.05) is 18.3 Å². The first-order valence-electron chi connectivity index (χ1n) is 8.53. The van der Waals surface area contributed by atoms with E-state index in [1.54, 1.807) is 42.5 Å². The van der Waals surface area contributed by atoms with Crippen LogP contribution >= 0.6 is 0 Å². The third-order valence-corrected chi connectivity index (χ3v) is 4.85. The molecule has 2 heterocycles. The van der Waals surface area contributed by atoms with Crippen molar-refractivity contribution in [3.63, 3.8) is 0 Å². The zero-order valence-electron chi connectivity index (χ0n) is 15.0. The molecule has 2 aliphatic heterocycles. The smallest absolute Gasteiger partial charge is 0.260 e. The second-order valence-electron chi connectivity index (χ2n) is 6.38. The summed E-state index contributed by atoms with van der Waals surface area (Å²) in [6.07, 6.45) is 5.13. The van der Waals surface area contributed by atoms with Crippen molar-refractivity contribution in [2.75, 3.05) is 14.2 Å². The highest BCUT2D eigenvalue weighted by Crippen LogP contribution is 2.39. The Morgan fingerprint density at radius 1 is 1.11 bits per heavy atom. The summed E-state index contributed by atoms with van der Waals surface area (Å²) in [5, 5.41) is 0. The van der Waals surface area contributed by atoms with Crippen LogP contribution in [0.15, 0.2) is 47.6 Å². The fourth-order valence-corrected chi connectivity index (χ4v) is 3.39. The lowest BCUT2D eigenvalue weighted by Crippen LogP contribution is -2.32. The predicted octanol–water partition coefficient (Wildman–Crippen LogP) is 3.49. The van der Waals surface area contributed by atoms with Gasteiger partial charge in [-0.1, -0.05) is 24.3 Å². The van der Waals surface area contributed by atoms with Gasteiger partial charge in [0.05, 0.1) is 31.5 Å². The largest absolute Gasteiger partial charge is 0.493 e. The summed E-state index contributed by atoms with van der Waals surface area (Å²) >= 11 is 0. The average molecular weight is 362 g/mol. The molecule has 27 heavy (non-hydrogen) atoms. The monoisotopic (exact) mass is 362 g/mol. The van der Waals surface area contributed by atoms with E-state index < -0.39 is 0 Å². The van der Waals surface area contributed by atoms with Crippen LogP contribution in [-0.2, 0) is 0 Å². The van der Waals surface area contributed by atoms with Crippen LogP contribution < -0.4 is 9.47 Å². The van der Waals surface area contributed by atoms with Crippen LogP contribution in [-0.4, -0.2) is 43.6 Å². The number of methoxy groups -OCH3 is 2. The normalized spacial score (nSPS) is 17.7. The molecule has 2 aromatic rings. The molecule has 0 N–H and O–H groups in total. The highest BCUT2D eigenvalue weighted by Gasteiger charge is 2.33. The maximum Gasteiger partial charge on any atom is 0.260 e. The molecule has 0 aromatic heterocycles. The van der Waals surface area contributed by atoms with Gasteiger partial charge >= 0.3 is 0 Å². The Morgan fingerprint density at radius 3 is 2.48 bits per heavy atom. The fraction of sp³-hybridized carbons (Fsp3) is 0.190. The van der Waals surface area contributed by atoms with Crippen molar-refractivity contribution >= 4 is 29.7 Å². The summed E-state index contributed by atoms with van der Waals surface area (Å²) in [7, 11) is 3.09. The minimum atomic E-state index is -0.150. The lowest BCUT2D eigenvalue weighted by atomic mass is 10.0. The second kappa shape index (κ2) is 6.72. The number of aliphatic imine (C=N–C) groups is 1. The van der Waals surface area contributed by atoms with Crippen molar-refractivity contribution in [2.24, 2.45) is 4.99 Å². The van der Waals surface area contributed by atoms with Crippen LogP contribution in [0.4, 0.5) is 5.69 Å². The number of fused-ring (bicyclic) bond motifs is 2. The number of aldehydes is 1. The van der Waals surface area contributed by atoms with Gasteiger partial charge in [-0.3, -0.25) is 14.6 Å². The molecule has 0 saturated heterocycles. The van der Waals surface area contributed by atoms with Crippen LogP contribution in [0, 0.1) is 0 Å². The third-order valence-electron chi connectivity index (χ3n) is 4.85. The van der Waals surface area contributed by atoms with Crippen molar-refractivity contribution in [1.82, 2.24) is 4.90 Å². The van der Waals surface area contributed by atoms with Gasteiger partial charge in [0.15, 0.2) is 11.5 Å². The second-order valence-corrected chi connectivity index (χ2v) is 6.38. The van der Waals surface area contributed by atoms with E-state index >= 15 is 0 Å². The number of ether oxygens (including phenoxy) is 2. The van der Waals surface area contributed by atoms with E-state index in [4.69, 9.17) is 9.47 Å². The Balaban J connectivity index is 1.71. The van der Waals surface area contributed by atoms with Gasteiger partial charge in [0.25, 0.3) is 5.91 Å². The van der Waals surface area contributed by atoms with E-state index in [-0.39, 0.29) is 11.9 Å². The lowest BCUT2D eigenvalue weighted by Gasteiger charge is -2.18. The number of carbonyl (C=O) groups excluding carboxylic acids is 2. The van der Waals surface area contributed by atoms with E-state index in [1.165, 1.54) is 7.11 Å². The van der Waals surface area contributed by atoms with E-state index in [0.29, 0.717) is 34.7 Å². The first-order chi connectivity index (χ1) is 13.1. The summed E-state index contributed by atoms with van der Waals surface area (Å²) < 4.78 is 10.6. The van der Waals surface area contributed by atoms with E-state index in [2.05, 4.69) is 4.99 Å². The van der Waals surface area contributed by atoms with Gasteiger partial charge in [0, 0.05) is 30.5 Å². The quantitative estimate of drug-likeness (QED) is 0.781. The van der Waals surface area contributed by atoms with Gasteiger partial charge in [-0.05, 0) is 17.2 Å². The van der Waals surface area contributed by atoms with Gasteiger partial charge in [-0.25, -0.2) is 0 Å². The van der Waals surface area contributed by atoms with Crippen LogP contribution in [0.2, 0.25) is 0 Å². The van der Waals surface area contributed by atoms with Gasteiger partial charge in [-0.2, -0.15) is 0 Å². The summed E-state index contributed by atoms with van der Waals surface area (Å²) in [6, 6.07) is 10.6. The van der Waals surface area contributed by atoms with Gasteiger partial charge in [-0.15, -0.1) is 0 Å². The third kappa shape index (κ3) is 2.89. The molecule has 136 valence electrons. The topological polar surface area (TPSA) is 68.2 Å². The summed E-state index contributed by atoms with van der Waals surface area (Å²) in [6.45, 7) is 0. The van der Waals surface area contributed by atoms with Gasteiger partial charge in [0.2, 0.25) is 0 Å². The van der Waals surface area contributed by atoms with Crippen LogP contribution in [0.3, 0.4) is 0 Å². The highest BCUT2D eigenvalue weighted by atomic mass is 16.5. The Bertz CT molecular complexity index is 976. The van der Waals surface area contributed by atoms with Crippen molar-refractivity contribution < 1.29 is 19.1 Å². The molecule has 1 atom stereocenters. The number of benzene rings is 2. The van der Waals surface area contributed by atoms with Crippen LogP contribution in [0.5, 0.6) is 11.5 Å². The molecule has 2 aromatic carbocycles. The number of hydrogen-bond donors (Lipinski definition) is 0. The average Bonchev–Trinajstić information content (AvgIpc) is 3.10. The number of hydrogen-bond acceptors (Lipinski definition) is 5. The van der Waals surface area contributed by atoms with E-state index in [9.17, 15) is 9.59 Å². The molecule has 0 radical (unpaired) electrons. The summed E-state index contributed by atoms with van der Waals surface area (Å²) in [5.74, 6) is 0.897. The number of carbonyl (C=O) groups is 2. The molecule has 0 fully saturated rings. The number of rotatable bonds is 4. The maximum atomic E-state index is 13.1. The van der Waals surface area contributed by atoms with E-state index in [0.717, 1.165) is 17.4 Å². The molecule has 1 amide bonds. The molecular weight excluding hydrogens is 344 g/mol. The van der Waals surface area contributed by atoms with Crippen molar-refractivity contribution in [1.29, 1.82) is 0 Å². The zero-order valence-corrected chi connectivity index (χ0v) is 15.0. The Morgan fingerprint density at radius 2 is 1.81 bits per heavy atom. The highest BCUT2D eigenvalue weighted by molar-refractivity contribution is 6.05. The molecular formula is C21H18N2O4. The number of nitrogens with zero attached hydrogens (tertiary/aromatic N) is 2. The van der Waals surface area contributed by atoms with Crippen molar-refractivity contribution in [3.05, 3.63) is 59.3 Å². The SMILES string of the molecule is COc1cc2c(cc1OC)C(=O)N1C=C(c3ccc(C=O)cc3)C[C@H]1C=N2. The minimum absolute atomic E-state index is 0.132. The van der Waals surface area contributed by atoms with Gasteiger partial charge < -0.3 is 14.4 Å². The molecule has 6 heteroatoms. The van der Waals surface area contributed by atoms with Crippen molar-refractivity contribution in [3.8, 4) is 11.5 Å². The van der Waals surface area contributed by atoms with Crippen LogP contribution in [0.25, 0.3) is 5.57 Å². The molecule has 0 bridgehead atoms. The Kier molecular flexibility index (Phi) is 4.24.